The number of hydrogen-bond donors (Lipinski definition) is 2. The van der Waals surface area contributed by atoms with Gasteiger partial charge in [0.25, 0.3) is 0 Å². The van der Waals surface area contributed by atoms with Crippen molar-refractivity contribution in [2.24, 2.45) is 0 Å². The van der Waals surface area contributed by atoms with E-state index in [-0.39, 0.29) is 0 Å². The maximum Gasteiger partial charge on any atom is 0.155 e. The molecule has 5 heteroatoms. The van der Waals surface area contributed by atoms with Crippen LogP contribution in [0.4, 0.5) is 17.2 Å². The predicted octanol–water partition coefficient (Wildman–Crippen LogP) is 2.09. The van der Waals surface area contributed by atoms with Gasteiger partial charge in [0.2, 0.25) is 0 Å². The van der Waals surface area contributed by atoms with E-state index in [0.29, 0.717) is 0 Å². The number of morpholine rings is 1. The van der Waals surface area contributed by atoms with E-state index in [1.807, 2.05) is 24.3 Å². The van der Waals surface area contributed by atoms with Gasteiger partial charge in [-0.25, -0.2) is 4.98 Å². The highest BCUT2D eigenvalue weighted by Gasteiger charge is 2.19. The molecule has 106 valence electrons. The minimum atomic E-state index is 0.736. The molecule has 2 heterocycles. The van der Waals surface area contributed by atoms with E-state index >= 15 is 0 Å². The van der Waals surface area contributed by atoms with Crippen LogP contribution in [0.5, 0.6) is 0 Å². The Bertz CT molecular complexity index is 608. The normalized spacial score (nSPS) is 15.6. The van der Waals surface area contributed by atoms with Gasteiger partial charge in [-0.05, 0) is 13.0 Å². The van der Waals surface area contributed by atoms with Crippen LogP contribution in [0.25, 0.3) is 10.9 Å². The highest BCUT2D eigenvalue weighted by Crippen LogP contribution is 2.35. The summed E-state index contributed by atoms with van der Waals surface area (Å²) in [6, 6.07) is 8.00. The summed E-state index contributed by atoms with van der Waals surface area (Å²) in [4.78, 5) is 7.05. The summed E-state index contributed by atoms with van der Waals surface area (Å²) in [6.45, 7) is 6.06. The molecule has 0 bridgehead atoms. The Hall–Kier alpha value is -2.01. The first-order valence-electron chi connectivity index (χ1n) is 7.06. The van der Waals surface area contributed by atoms with Crippen LogP contribution in [0.3, 0.4) is 0 Å². The van der Waals surface area contributed by atoms with Gasteiger partial charge in [-0.15, -0.1) is 0 Å². The number of rotatable bonds is 3. The molecule has 0 atom stereocenters. The van der Waals surface area contributed by atoms with Crippen molar-refractivity contribution in [1.82, 2.24) is 4.98 Å². The molecule has 3 N–H and O–H groups in total. The summed E-state index contributed by atoms with van der Waals surface area (Å²) in [6.07, 6.45) is 0. The fourth-order valence-corrected chi connectivity index (χ4v) is 2.58. The monoisotopic (exact) mass is 272 g/mol. The fourth-order valence-electron chi connectivity index (χ4n) is 2.58. The standard InChI is InChI=1S/C15H20N4O/c1-2-17-14-13(16)11-5-3-4-6-12(11)18-15(14)19-7-9-20-10-8-19/h3-6,17H,2,7-10H2,1H3,(H2,16,18). The molecule has 1 aromatic heterocycles. The number of anilines is 3. The molecule has 1 aliphatic rings. The Balaban J connectivity index is 2.14. The van der Waals surface area contributed by atoms with Gasteiger partial charge in [-0.2, -0.15) is 0 Å². The average molecular weight is 272 g/mol. The van der Waals surface area contributed by atoms with Crippen LogP contribution in [0.15, 0.2) is 24.3 Å². The van der Waals surface area contributed by atoms with Crippen molar-refractivity contribution in [1.29, 1.82) is 0 Å². The van der Waals surface area contributed by atoms with Crippen molar-refractivity contribution in [2.75, 3.05) is 48.8 Å². The van der Waals surface area contributed by atoms with Crippen LogP contribution < -0.4 is 16.0 Å². The third-order valence-electron chi connectivity index (χ3n) is 3.58. The number of nitrogen functional groups attached to an aromatic ring is 1. The molecular formula is C15H20N4O. The number of nitrogens with one attached hydrogen (secondary N) is 1. The number of aromatic nitrogens is 1. The summed E-state index contributed by atoms with van der Waals surface area (Å²) >= 11 is 0. The predicted molar refractivity (Wildman–Crippen MR) is 83.4 cm³/mol. The Morgan fingerprint density at radius 1 is 1.30 bits per heavy atom. The smallest absolute Gasteiger partial charge is 0.155 e. The second kappa shape index (κ2) is 5.54. The van der Waals surface area contributed by atoms with E-state index in [4.69, 9.17) is 15.5 Å². The number of para-hydroxylation sites is 1. The van der Waals surface area contributed by atoms with Crippen molar-refractivity contribution >= 4 is 28.1 Å². The molecule has 3 rings (SSSR count). The van der Waals surface area contributed by atoms with Crippen LogP contribution in [0.2, 0.25) is 0 Å². The van der Waals surface area contributed by atoms with Gasteiger partial charge in [0.1, 0.15) is 5.69 Å². The quantitative estimate of drug-likeness (QED) is 0.895. The fraction of sp³-hybridized carbons (Fsp3) is 0.400. The Morgan fingerprint density at radius 3 is 2.80 bits per heavy atom. The molecule has 0 amide bonds. The summed E-state index contributed by atoms with van der Waals surface area (Å²) in [5.41, 5.74) is 9.01. The highest BCUT2D eigenvalue weighted by atomic mass is 16.5. The van der Waals surface area contributed by atoms with E-state index in [2.05, 4.69) is 17.1 Å². The van der Waals surface area contributed by atoms with Gasteiger partial charge >= 0.3 is 0 Å². The number of fused-ring (bicyclic) bond motifs is 1. The molecule has 0 radical (unpaired) electrons. The molecule has 5 nitrogen and oxygen atoms in total. The molecule has 0 aliphatic carbocycles. The van der Waals surface area contributed by atoms with Gasteiger partial charge in [0, 0.05) is 25.0 Å². The number of nitrogens with zero attached hydrogens (tertiary/aromatic N) is 2. The number of ether oxygens (including phenoxy) is 1. The van der Waals surface area contributed by atoms with E-state index in [0.717, 1.165) is 60.9 Å². The molecule has 0 unspecified atom stereocenters. The molecule has 0 spiro atoms. The minimum absolute atomic E-state index is 0.736. The number of hydrogen-bond acceptors (Lipinski definition) is 5. The SMILES string of the molecule is CCNc1c(N2CCOCC2)nc2ccccc2c1N. The number of pyridine rings is 1. The van der Waals surface area contributed by atoms with E-state index < -0.39 is 0 Å². The van der Waals surface area contributed by atoms with Crippen molar-refractivity contribution in [3.8, 4) is 0 Å². The second-order valence-electron chi connectivity index (χ2n) is 4.87. The van der Waals surface area contributed by atoms with Crippen molar-refractivity contribution in [3.05, 3.63) is 24.3 Å². The molecule has 20 heavy (non-hydrogen) atoms. The van der Waals surface area contributed by atoms with E-state index in [9.17, 15) is 0 Å². The number of benzene rings is 1. The third-order valence-corrected chi connectivity index (χ3v) is 3.58. The van der Waals surface area contributed by atoms with Crippen LogP contribution >= 0.6 is 0 Å². The second-order valence-corrected chi connectivity index (χ2v) is 4.87. The van der Waals surface area contributed by atoms with Gasteiger partial charge < -0.3 is 20.7 Å². The summed E-state index contributed by atoms with van der Waals surface area (Å²) < 4.78 is 5.42. The van der Waals surface area contributed by atoms with Gasteiger partial charge in [-0.1, -0.05) is 18.2 Å². The zero-order valence-electron chi connectivity index (χ0n) is 11.7. The van der Waals surface area contributed by atoms with E-state index in [1.165, 1.54) is 0 Å². The molecule has 1 saturated heterocycles. The molecule has 2 aromatic rings. The van der Waals surface area contributed by atoms with Gasteiger partial charge in [0.05, 0.1) is 24.4 Å². The Kier molecular flexibility index (Phi) is 3.60. The summed E-state index contributed by atoms with van der Waals surface area (Å²) in [7, 11) is 0. The molecule has 1 aromatic carbocycles. The third kappa shape index (κ3) is 2.25. The maximum atomic E-state index is 6.35. The molecule has 0 saturated carbocycles. The van der Waals surface area contributed by atoms with Crippen molar-refractivity contribution in [3.63, 3.8) is 0 Å². The lowest BCUT2D eigenvalue weighted by molar-refractivity contribution is 0.122. The molecular weight excluding hydrogens is 252 g/mol. The lowest BCUT2D eigenvalue weighted by Gasteiger charge is -2.30. The number of nitrogens with two attached hydrogens (primary N) is 1. The Morgan fingerprint density at radius 2 is 2.05 bits per heavy atom. The summed E-state index contributed by atoms with van der Waals surface area (Å²) in [5, 5.41) is 4.36. The first-order chi connectivity index (χ1) is 9.81. The first kappa shape index (κ1) is 13.0. The lowest BCUT2D eigenvalue weighted by Crippen LogP contribution is -2.37. The van der Waals surface area contributed by atoms with Crippen molar-refractivity contribution in [2.45, 2.75) is 6.92 Å². The summed E-state index contributed by atoms with van der Waals surface area (Å²) in [5.74, 6) is 0.936. The lowest BCUT2D eigenvalue weighted by atomic mass is 10.1. The highest BCUT2D eigenvalue weighted by molar-refractivity contribution is 6.00. The maximum absolute atomic E-state index is 6.35. The topological polar surface area (TPSA) is 63.4 Å². The minimum Gasteiger partial charge on any atom is -0.396 e. The van der Waals surface area contributed by atoms with Crippen LogP contribution in [-0.4, -0.2) is 37.8 Å². The van der Waals surface area contributed by atoms with Crippen LogP contribution in [-0.2, 0) is 4.74 Å². The van der Waals surface area contributed by atoms with Crippen molar-refractivity contribution < 1.29 is 4.74 Å². The Labute approximate surface area is 118 Å². The van der Waals surface area contributed by atoms with Gasteiger partial charge in [-0.3, -0.25) is 0 Å². The average Bonchev–Trinajstić information content (AvgIpc) is 2.51. The van der Waals surface area contributed by atoms with Crippen LogP contribution in [0.1, 0.15) is 6.92 Å². The van der Waals surface area contributed by atoms with E-state index in [1.54, 1.807) is 0 Å². The van der Waals surface area contributed by atoms with Gasteiger partial charge in [0.15, 0.2) is 5.82 Å². The van der Waals surface area contributed by atoms with Crippen LogP contribution in [0, 0.1) is 0 Å². The molecule has 1 aliphatic heterocycles. The zero-order valence-corrected chi connectivity index (χ0v) is 11.7. The zero-order chi connectivity index (χ0) is 13.9. The first-order valence-corrected chi connectivity index (χ1v) is 7.06. The molecule has 1 fully saturated rings. The largest absolute Gasteiger partial charge is 0.396 e.